The summed E-state index contributed by atoms with van der Waals surface area (Å²) in [6, 6.07) is 0. The Labute approximate surface area is 124 Å². The Kier molecular flexibility index (Phi) is 3.71. The van der Waals surface area contributed by atoms with E-state index in [0.717, 1.165) is 0 Å². The van der Waals surface area contributed by atoms with E-state index >= 15 is 0 Å². The predicted molar refractivity (Wildman–Crippen MR) is 76.6 cm³/mol. The highest BCUT2D eigenvalue weighted by atomic mass is 79.9. The minimum atomic E-state index is -0.0204. The molecular weight excluding hydrogens is 324 g/mol. The summed E-state index contributed by atoms with van der Waals surface area (Å²) in [5, 5.41) is 0. The van der Waals surface area contributed by atoms with Crippen LogP contribution in [0.15, 0.2) is 23.2 Å². The molecule has 0 aliphatic carbocycles. The number of aromatic nitrogens is 3. The van der Waals surface area contributed by atoms with Gasteiger partial charge in [-0.1, -0.05) is 6.92 Å². The van der Waals surface area contributed by atoms with E-state index in [1.54, 1.807) is 23.0 Å². The standard InChI is InChI=1S/C13H15BrN4O2/c1-9-6-17(2-3-20-8-9)13(19)10-4-16-12-5-15-11(14)7-18(10)12/h4-5,7,9H,2-3,6,8H2,1H3/t9-/m0/s1. The highest BCUT2D eigenvalue weighted by Crippen LogP contribution is 2.14. The number of halogens is 1. The van der Waals surface area contributed by atoms with Gasteiger partial charge in [-0.25, -0.2) is 9.97 Å². The van der Waals surface area contributed by atoms with Crippen molar-refractivity contribution in [1.82, 2.24) is 19.3 Å². The Bertz CT molecular complexity index is 642. The van der Waals surface area contributed by atoms with E-state index in [9.17, 15) is 4.79 Å². The van der Waals surface area contributed by atoms with Gasteiger partial charge in [0.15, 0.2) is 5.65 Å². The van der Waals surface area contributed by atoms with Crippen molar-refractivity contribution >= 4 is 27.5 Å². The van der Waals surface area contributed by atoms with Crippen molar-refractivity contribution in [2.45, 2.75) is 6.92 Å². The summed E-state index contributed by atoms with van der Waals surface area (Å²) >= 11 is 3.31. The minimum absolute atomic E-state index is 0.0204. The molecule has 0 radical (unpaired) electrons. The van der Waals surface area contributed by atoms with Gasteiger partial charge in [-0.15, -0.1) is 0 Å². The highest BCUT2D eigenvalue weighted by molar-refractivity contribution is 9.10. The molecule has 6 nitrogen and oxygen atoms in total. The van der Waals surface area contributed by atoms with E-state index in [1.807, 2.05) is 4.90 Å². The van der Waals surface area contributed by atoms with Gasteiger partial charge in [-0.05, 0) is 21.8 Å². The maximum atomic E-state index is 12.7. The molecule has 1 amide bonds. The molecule has 2 aromatic rings. The zero-order valence-electron chi connectivity index (χ0n) is 11.1. The van der Waals surface area contributed by atoms with Crippen molar-refractivity contribution in [1.29, 1.82) is 0 Å². The summed E-state index contributed by atoms with van der Waals surface area (Å²) in [7, 11) is 0. The molecule has 0 saturated carbocycles. The fraction of sp³-hybridized carbons (Fsp3) is 0.462. The molecule has 106 valence electrons. The summed E-state index contributed by atoms with van der Waals surface area (Å²) in [5.74, 6) is 0.321. The third kappa shape index (κ3) is 2.55. The molecule has 2 aromatic heterocycles. The zero-order chi connectivity index (χ0) is 14.1. The van der Waals surface area contributed by atoms with Crippen LogP contribution in [0.4, 0.5) is 0 Å². The normalized spacial score (nSPS) is 20.1. The molecule has 1 aliphatic heterocycles. The van der Waals surface area contributed by atoms with Gasteiger partial charge in [0.05, 0.1) is 25.6 Å². The Morgan fingerprint density at radius 1 is 1.45 bits per heavy atom. The average Bonchev–Trinajstić information content (AvgIpc) is 2.71. The van der Waals surface area contributed by atoms with Gasteiger partial charge < -0.3 is 9.64 Å². The second-order valence-corrected chi connectivity index (χ2v) is 5.83. The van der Waals surface area contributed by atoms with Gasteiger partial charge in [0, 0.05) is 19.3 Å². The van der Waals surface area contributed by atoms with Crippen LogP contribution in [-0.2, 0) is 4.74 Å². The minimum Gasteiger partial charge on any atom is -0.379 e. The van der Waals surface area contributed by atoms with Crippen LogP contribution in [0, 0.1) is 5.92 Å². The Balaban J connectivity index is 1.93. The largest absolute Gasteiger partial charge is 0.379 e. The molecular formula is C13H15BrN4O2. The fourth-order valence-electron chi connectivity index (χ4n) is 2.35. The number of fused-ring (bicyclic) bond motifs is 1. The van der Waals surface area contributed by atoms with Crippen LogP contribution in [0.5, 0.6) is 0 Å². The molecule has 0 bridgehead atoms. The Hall–Kier alpha value is -1.47. The molecule has 0 N–H and O–H groups in total. The summed E-state index contributed by atoms with van der Waals surface area (Å²) in [5.41, 5.74) is 1.22. The third-order valence-electron chi connectivity index (χ3n) is 3.31. The molecule has 20 heavy (non-hydrogen) atoms. The number of amides is 1. The van der Waals surface area contributed by atoms with Gasteiger partial charge in [0.25, 0.3) is 5.91 Å². The molecule has 1 fully saturated rings. The number of nitrogens with zero attached hydrogens (tertiary/aromatic N) is 4. The monoisotopic (exact) mass is 338 g/mol. The van der Waals surface area contributed by atoms with Gasteiger partial charge in [-0.2, -0.15) is 0 Å². The second kappa shape index (κ2) is 5.49. The van der Waals surface area contributed by atoms with Crippen molar-refractivity contribution in [3.63, 3.8) is 0 Å². The topological polar surface area (TPSA) is 59.7 Å². The van der Waals surface area contributed by atoms with E-state index in [2.05, 4.69) is 32.8 Å². The van der Waals surface area contributed by atoms with Gasteiger partial charge in [-0.3, -0.25) is 9.20 Å². The van der Waals surface area contributed by atoms with Crippen molar-refractivity contribution in [2.75, 3.05) is 26.3 Å². The molecule has 3 rings (SSSR count). The van der Waals surface area contributed by atoms with Gasteiger partial charge >= 0.3 is 0 Å². The Morgan fingerprint density at radius 3 is 3.15 bits per heavy atom. The third-order valence-corrected chi connectivity index (χ3v) is 3.72. The van der Waals surface area contributed by atoms with E-state index in [-0.39, 0.29) is 5.91 Å². The van der Waals surface area contributed by atoms with Crippen LogP contribution >= 0.6 is 15.9 Å². The molecule has 1 aliphatic rings. The highest BCUT2D eigenvalue weighted by Gasteiger charge is 2.23. The van der Waals surface area contributed by atoms with Crippen molar-refractivity contribution in [3.8, 4) is 0 Å². The number of hydrogen-bond donors (Lipinski definition) is 0. The lowest BCUT2D eigenvalue weighted by Crippen LogP contribution is -2.36. The zero-order valence-corrected chi connectivity index (χ0v) is 12.7. The second-order valence-electron chi connectivity index (χ2n) is 5.01. The molecule has 0 aromatic carbocycles. The maximum Gasteiger partial charge on any atom is 0.272 e. The molecule has 1 saturated heterocycles. The summed E-state index contributed by atoms with van der Waals surface area (Å²) in [6.07, 6.45) is 4.99. The number of carbonyl (C=O) groups is 1. The van der Waals surface area contributed by atoms with Crippen LogP contribution in [0.25, 0.3) is 5.65 Å². The SMILES string of the molecule is C[C@@H]1COCCN(C(=O)c2cnc3cnc(Br)cn23)C1. The lowest BCUT2D eigenvalue weighted by atomic mass is 10.2. The molecule has 1 atom stereocenters. The summed E-state index contributed by atoms with van der Waals surface area (Å²) < 4.78 is 7.91. The maximum absolute atomic E-state index is 12.7. The average molecular weight is 339 g/mol. The first-order valence-electron chi connectivity index (χ1n) is 6.51. The number of imidazole rings is 1. The Morgan fingerprint density at radius 2 is 2.30 bits per heavy atom. The molecule has 3 heterocycles. The van der Waals surface area contributed by atoms with Gasteiger partial charge in [0.2, 0.25) is 0 Å². The summed E-state index contributed by atoms with van der Waals surface area (Å²) in [6.45, 7) is 4.69. The number of carbonyl (C=O) groups excluding carboxylic acids is 1. The van der Waals surface area contributed by atoms with E-state index in [4.69, 9.17) is 4.74 Å². The smallest absolute Gasteiger partial charge is 0.272 e. The van der Waals surface area contributed by atoms with E-state index in [0.29, 0.717) is 48.2 Å². The van der Waals surface area contributed by atoms with Crippen molar-refractivity contribution in [2.24, 2.45) is 5.92 Å². The van der Waals surface area contributed by atoms with E-state index in [1.165, 1.54) is 0 Å². The van der Waals surface area contributed by atoms with Crippen LogP contribution < -0.4 is 0 Å². The fourth-order valence-corrected chi connectivity index (χ4v) is 2.66. The van der Waals surface area contributed by atoms with Crippen molar-refractivity contribution in [3.05, 3.63) is 28.9 Å². The first kappa shape index (κ1) is 13.5. The number of hydrogen-bond acceptors (Lipinski definition) is 4. The van der Waals surface area contributed by atoms with Crippen LogP contribution in [0.2, 0.25) is 0 Å². The number of ether oxygens (including phenoxy) is 1. The van der Waals surface area contributed by atoms with E-state index < -0.39 is 0 Å². The van der Waals surface area contributed by atoms with Crippen LogP contribution in [-0.4, -0.2) is 51.5 Å². The summed E-state index contributed by atoms with van der Waals surface area (Å²) in [4.78, 5) is 22.8. The van der Waals surface area contributed by atoms with Crippen LogP contribution in [0.3, 0.4) is 0 Å². The lowest BCUT2D eigenvalue weighted by molar-refractivity contribution is 0.0731. The first-order valence-corrected chi connectivity index (χ1v) is 7.30. The van der Waals surface area contributed by atoms with Crippen molar-refractivity contribution < 1.29 is 9.53 Å². The molecule has 7 heteroatoms. The van der Waals surface area contributed by atoms with Gasteiger partial charge in [0.1, 0.15) is 10.3 Å². The predicted octanol–water partition coefficient (Wildman–Crippen LogP) is 1.60. The van der Waals surface area contributed by atoms with Crippen LogP contribution in [0.1, 0.15) is 17.4 Å². The molecule has 0 unspecified atom stereocenters. The number of rotatable bonds is 1. The lowest BCUT2D eigenvalue weighted by Gasteiger charge is -2.21. The first-order chi connectivity index (χ1) is 9.65. The quantitative estimate of drug-likeness (QED) is 0.792. The molecule has 0 spiro atoms.